The quantitative estimate of drug-likeness (QED) is 0.701. The molecule has 0 aromatic heterocycles. The molecular weight excluding hydrogens is 187 g/mol. The van der Waals surface area contributed by atoms with Gasteiger partial charge in [0.15, 0.2) is 0 Å². The molecule has 4 nitrogen and oxygen atoms in total. The molecule has 0 aliphatic heterocycles. The van der Waals surface area contributed by atoms with E-state index in [4.69, 9.17) is 0 Å². The maximum Gasteiger partial charge on any atom is 0.251 e. The second-order valence-corrected chi connectivity index (χ2v) is 2.54. The summed E-state index contributed by atoms with van der Waals surface area (Å²) in [5, 5.41) is 4.55. The summed E-state index contributed by atoms with van der Waals surface area (Å²) in [4.78, 5) is 21.2. The van der Waals surface area contributed by atoms with Gasteiger partial charge < -0.3 is 10.6 Å². The third-order valence-corrected chi connectivity index (χ3v) is 1.67. The van der Waals surface area contributed by atoms with E-state index in [-0.39, 0.29) is 11.6 Å². The number of anilines is 1. The van der Waals surface area contributed by atoms with Crippen LogP contribution >= 0.6 is 0 Å². The molecular formula is C9H9FN2O2. The van der Waals surface area contributed by atoms with Gasteiger partial charge in [-0.25, -0.2) is 4.39 Å². The van der Waals surface area contributed by atoms with Crippen LogP contribution in [0.4, 0.5) is 10.1 Å². The first-order valence-electron chi connectivity index (χ1n) is 3.91. The fourth-order valence-corrected chi connectivity index (χ4v) is 0.985. The summed E-state index contributed by atoms with van der Waals surface area (Å²) in [6, 6.07) is 3.73. The highest BCUT2D eigenvalue weighted by Gasteiger charge is 2.07. The Morgan fingerprint density at radius 1 is 1.50 bits per heavy atom. The van der Waals surface area contributed by atoms with E-state index in [1.165, 1.54) is 19.2 Å². The Morgan fingerprint density at radius 3 is 2.79 bits per heavy atom. The van der Waals surface area contributed by atoms with Gasteiger partial charge in [-0.15, -0.1) is 0 Å². The third-order valence-electron chi connectivity index (χ3n) is 1.67. The lowest BCUT2D eigenvalue weighted by Gasteiger charge is -2.04. The molecule has 0 heterocycles. The molecule has 1 rings (SSSR count). The average Bonchev–Trinajstić information content (AvgIpc) is 2.20. The Hall–Kier alpha value is -1.91. The van der Waals surface area contributed by atoms with Gasteiger partial charge in [-0.3, -0.25) is 9.59 Å². The zero-order valence-corrected chi connectivity index (χ0v) is 7.50. The molecule has 74 valence electrons. The van der Waals surface area contributed by atoms with E-state index in [2.05, 4.69) is 10.6 Å². The molecule has 1 aromatic rings. The molecule has 0 aliphatic carbocycles. The topological polar surface area (TPSA) is 58.2 Å². The van der Waals surface area contributed by atoms with Crippen LogP contribution in [0.25, 0.3) is 0 Å². The standard InChI is InChI=1S/C9H9FN2O2/c1-11-9(14)6-2-3-7(10)8(4-6)12-5-13/h2-5H,1H3,(H,11,14)(H,12,13). The first-order chi connectivity index (χ1) is 6.69. The van der Waals surface area contributed by atoms with Crippen molar-refractivity contribution in [1.29, 1.82) is 0 Å². The molecule has 14 heavy (non-hydrogen) atoms. The number of hydrogen-bond donors (Lipinski definition) is 2. The molecule has 0 saturated heterocycles. The highest BCUT2D eigenvalue weighted by molar-refractivity contribution is 5.95. The summed E-state index contributed by atoms with van der Waals surface area (Å²) in [6.07, 6.45) is 0.353. The van der Waals surface area contributed by atoms with Crippen LogP contribution in [0.3, 0.4) is 0 Å². The van der Waals surface area contributed by atoms with Crippen LogP contribution < -0.4 is 10.6 Å². The Balaban J connectivity index is 3.05. The summed E-state index contributed by atoms with van der Waals surface area (Å²) in [5.41, 5.74) is 0.277. The summed E-state index contributed by atoms with van der Waals surface area (Å²) < 4.78 is 13.0. The van der Waals surface area contributed by atoms with Crippen molar-refractivity contribution < 1.29 is 14.0 Å². The molecule has 2 amide bonds. The fraction of sp³-hybridized carbons (Fsp3) is 0.111. The minimum absolute atomic E-state index is 0.0129. The largest absolute Gasteiger partial charge is 0.355 e. The fourth-order valence-electron chi connectivity index (χ4n) is 0.985. The summed E-state index contributed by atoms with van der Waals surface area (Å²) in [5.74, 6) is -0.913. The molecule has 0 fully saturated rings. The summed E-state index contributed by atoms with van der Waals surface area (Å²) in [6.45, 7) is 0. The predicted octanol–water partition coefficient (Wildman–Crippen LogP) is 0.754. The first-order valence-corrected chi connectivity index (χ1v) is 3.91. The second-order valence-electron chi connectivity index (χ2n) is 2.54. The van der Waals surface area contributed by atoms with E-state index in [1.54, 1.807) is 0 Å². The average molecular weight is 196 g/mol. The number of nitrogens with one attached hydrogen (secondary N) is 2. The molecule has 0 atom stereocenters. The Bertz CT molecular complexity index is 366. The molecule has 0 saturated carbocycles. The first kappa shape index (κ1) is 10.2. The number of benzene rings is 1. The van der Waals surface area contributed by atoms with Gasteiger partial charge in [-0.05, 0) is 18.2 Å². The van der Waals surface area contributed by atoms with Crippen molar-refractivity contribution in [3.8, 4) is 0 Å². The van der Waals surface area contributed by atoms with E-state index in [1.807, 2.05) is 0 Å². The smallest absolute Gasteiger partial charge is 0.251 e. The van der Waals surface area contributed by atoms with Crippen molar-refractivity contribution in [2.24, 2.45) is 0 Å². The van der Waals surface area contributed by atoms with Gasteiger partial charge in [0, 0.05) is 12.6 Å². The molecule has 1 aromatic carbocycles. The van der Waals surface area contributed by atoms with E-state index in [9.17, 15) is 14.0 Å². The summed E-state index contributed by atoms with van der Waals surface area (Å²) >= 11 is 0. The van der Waals surface area contributed by atoms with Crippen LogP contribution in [0.1, 0.15) is 10.4 Å². The molecule has 0 aliphatic rings. The van der Waals surface area contributed by atoms with Crippen molar-refractivity contribution in [2.45, 2.75) is 0 Å². The highest BCUT2D eigenvalue weighted by atomic mass is 19.1. The zero-order valence-electron chi connectivity index (χ0n) is 7.50. The van der Waals surface area contributed by atoms with Crippen LogP contribution in [-0.2, 0) is 4.79 Å². The van der Waals surface area contributed by atoms with Crippen molar-refractivity contribution in [1.82, 2.24) is 5.32 Å². The van der Waals surface area contributed by atoms with Crippen molar-refractivity contribution in [2.75, 3.05) is 12.4 Å². The molecule has 0 unspecified atom stereocenters. The van der Waals surface area contributed by atoms with Crippen molar-refractivity contribution >= 4 is 18.0 Å². The van der Waals surface area contributed by atoms with Crippen molar-refractivity contribution in [3.05, 3.63) is 29.6 Å². The van der Waals surface area contributed by atoms with E-state index in [0.29, 0.717) is 12.0 Å². The van der Waals surface area contributed by atoms with Crippen LogP contribution in [-0.4, -0.2) is 19.4 Å². The molecule has 0 bridgehead atoms. The molecule has 5 heteroatoms. The normalized spacial score (nSPS) is 9.29. The second kappa shape index (κ2) is 4.36. The monoisotopic (exact) mass is 196 g/mol. The van der Waals surface area contributed by atoms with Gasteiger partial charge in [0.25, 0.3) is 5.91 Å². The Labute approximate surface area is 80.1 Å². The lowest BCUT2D eigenvalue weighted by Crippen LogP contribution is -2.18. The zero-order chi connectivity index (χ0) is 10.6. The van der Waals surface area contributed by atoms with Crippen LogP contribution in [0, 0.1) is 5.82 Å². The van der Waals surface area contributed by atoms with E-state index >= 15 is 0 Å². The number of amides is 2. The van der Waals surface area contributed by atoms with Crippen molar-refractivity contribution in [3.63, 3.8) is 0 Å². The molecule has 0 spiro atoms. The number of hydrogen-bond acceptors (Lipinski definition) is 2. The highest BCUT2D eigenvalue weighted by Crippen LogP contribution is 2.15. The minimum Gasteiger partial charge on any atom is -0.355 e. The SMILES string of the molecule is CNC(=O)c1ccc(F)c(NC=O)c1. The van der Waals surface area contributed by atoms with Gasteiger partial charge in [0.2, 0.25) is 6.41 Å². The van der Waals surface area contributed by atoms with Gasteiger partial charge in [-0.2, -0.15) is 0 Å². The maximum absolute atomic E-state index is 13.0. The summed E-state index contributed by atoms with van der Waals surface area (Å²) in [7, 11) is 1.47. The van der Waals surface area contributed by atoms with Gasteiger partial charge in [-0.1, -0.05) is 0 Å². The van der Waals surface area contributed by atoms with E-state index in [0.717, 1.165) is 6.07 Å². The van der Waals surface area contributed by atoms with Crippen LogP contribution in [0.5, 0.6) is 0 Å². The van der Waals surface area contributed by atoms with Gasteiger partial charge in [0.1, 0.15) is 5.82 Å². The predicted molar refractivity (Wildman–Crippen MR) is 49.5 cm³/mol. The number of carbonyl (C=O) groups is 2. The lowest BCUT2D eigenvalue weighted by atomic mass is 10.2. The minimum atomic E-state index is -0.579. The Kier molecular flexibility index (Phi) is 3.17. The molecule has 0 radical (unpaired) electrons. The lowest BCUT2D eigenvalue weighted by molar-refractivity contribution is -0.105. The third kappa shape index (κ3) is 2.07. The maximum atomic E-state index is 13.0. The molecule has 2 N–H and O–H groups in total. The Morgan fingerprint density at radius 2 is 2.21 bits per heavy atom. The number of rotatable bonds is 3. The van der Waals surface area contributed by atoms with Crippen LogP contribution in [0.15, 0.2) is 18.2 Å². The van der Waals surface area contributed by atoms with E-state index < -0.39 is 5.82 Å². The number of halogens is 1. The number of carbonyl (C=O) groups excluding carboxylic acids is 2. The van der Waals surface area contributed by atoms with Gasteiger partial charge in [0.05, 0.1) is 5.69 Å². The van der Waals surface area contributed by atoms with Crippen LogP contribution in [0.2, 0.25) is 0 Å². The van der Waals surface area contributed by atoms with Gasteiger partial charge >= 0.3 is 0 Å².